The van der Waals surface area contributed by atoms with Crippen molar-refractivity contribution in [2.45, 2.75) is 83.0 Å². The Labute approximate surface area is 215 Å². The van der Waals surface area contributed by atoms with Crippen LogP contribution in [0.2, 0.25) is 0 Å². The molecule has 5 nitrogen and oxygen atoms in total. The zero-order valence-electron chi connectivity index (χ0n) is 21.1. The quantitative estimate of drug-likeness (QED) is 0.400. The highest BCUT2D eigenvalue weighted by molar-refractivity contribution is 5.34. The van der Waals surface area contributed by atoms with E-state index in [0.29, 0.717) is 17.7 Å². The number of aliphatic hydroxyl groups excluding tert-OH is 1. The van der Waals surface area contributed by atoms with Crippen molar-refractivity contribution in [1.82, 2.24) is 0 Å². The van der Waals surface area contributed by atoms with E-state index in [2.05, 4.69) is 0 Å². The minimum atomic E-state index is -5.02. The first kappa shape index (κ1) is 30.3. The van der Waals surface area contributed by atoms with Gasteiger partial charge < -0.3 is 24.1 Å². The predicted octanol–water partition coefficient (Wildman–Crippen LogP) is 6.43. The molecule has 5 atom stereocenters. The molecule has 0 unspecified atom stereocenters. The molecule has 0 spiro atoms. The fraction of sp³-hybridized carbons (Fsp3) is 0.538. The maximum atomic E-state index is 13.3. The summed E-state index contributed by atoms with van der Waals surface area (Å²) in [5, 5.41) is 10.6. The third-order valence-corrected chi connectivity index (χ3v) is 5.67. The standard InChI is InChI=1S/C26H29F7O5/c1-14(16-9-17(25(28,29)30)11-18(10-16)26(31,32)33)37-23-22(35-12-15-5-7-19(27)8-6-15)21(20(34)13-36-23)38-24(2,3)4/h5-11,14,20-23,34H,12-13H2,1-4H3/t14-,20+,21+,22-,23-/m1/s1. The SMILES string of the molecule is C[C@@H](O[C@H]1OC[C@H](O)[C@H](OC(C)(C)C)[C@H]1OCc1ccc(F)cc1)c1cc(C(F)(F)F)cc(C(F)(F)F)c1. The highest BCUT2D eigenvalue weighted by Crippen LogP contribution is 2.39. The molecule has 1 heterocycles. The average molecular weight is 554 g/mol. The first-order valence-corrected chi connectivity index (χ1v) is 11.7. The lowest BCUT2D eigenvalue weighted by Crippen LogP contribution is -2.57. The van der Waals surface area contributed by atoms with Crippen LogP contribution in [0.1, 0.15) is 56.1 Å². The van der Waals surface area contributed by atoms with E-state index in [1.807, 2.05) is 0 Å². The molecular weight excluding hydrogens is 525 g/mol. The molecule has 12 heteroatoms. The fourth-order valence-corrected chi connectivity index (χ4v) is 3.87. The Kier molecular flexibility index (Phi) is 9.14. The number of hydrogen-bond acceptors (Lipinski definition) is 5. The van der Waals surface area contributed by atoms with Gasteiger partial charge in [0, 0.05) is 0 Å². The lowest BCUT2D eigenvalue weighted by molar-refractivity contribution is -0.311. The number of rotatable bonds is 7. The number of hydrogen-bond donors (Lipinski definition) is 1. The van der Waals surface area contributed by atoms with Gasteiger partial charge in [-0.3, -0.25) is 0 Å². The number of ether oxygens (including phenoxy) is 4. The van der Waals surface area contributed by atoms with Gasteiger partial charge in [0.25, 0.3) is 0 Å². The Balaban J connectivity index is 1.90. The van der Waals surface area contributed by atoms with Crippen molar-refractivity contribution < 1.29 is 54.8 Å². The molecule has 0 aliphatic carbocycles. The van der Waals surface area contributed by atoms with Crippen molar-refractivity contribution >= 4 is 0 Å². The first-order valence-electron chi connectivity index (χ1n) is 11.7. The highest BCUT2D eigenvalue weighted by atomic mass is 19.4. The molecule has 3 rings (SSSR count). The van der Waals surface area contributed by atoms with Crippen LogP contribution in [0.5, 0.6) is 0 Å². The predicted molar refractivity (Wildman–Crippen MR) is 121 cm³/mol. The van der Waals surface area contributed by atoms with E-state index in [1.165, 1.54) is 31.2 Å². The molecule has 1 fully saturated rings. The molecule has 2 aromatic rings. The Bertz CT molecular complexity index is 1030. The molecule has 0 aromatic heterocycles. The van der Waals surface area contributed by atoms with Crippen molar-refractivity contribution in [3.8, 4) is 0 Å². The summed E-state index contributed by atoms with van der Waals surface area (Å²) in [4.78, 5) is 0. The highest BCUT2D eigenvalue weighted by Gasteiger charge is 2.45. The second-order valence-electron chi connectivity index (χ2n) is 9.98. The van der Waals surface area contributed by atoms with Gasteiger partial charge >= 0.3 is 12.4 Å². The Morgan fingerprint density at radius 2 is 1.47 bits per heavy atom. The van der Waals surface area contributed by atoms with Crippen LogP contribution in [0.4, 0.5) is 30.7 Å². The van der Waals surface area contributed by atoms with Crippen LogP contribution in [-0.4, -0.2) is 41.9 Å². The lowest BCUT2D eigenvalue weighted by atomic mass is 10.0. The van der Waals surface area contributed by atoms with Crippen LogP contribution in [0, 0.1) is 5.82 Å². The molecule has 2 aromatic carbocycles. The lowest BCUT2D eigenvalue weighted by Gasteiger charge is -2.43. The van der Waals surface area contributed by atoms with Gasteiger partial charge in [-0.2, -0.15) is 26.3 Å². The van der Waals surface area contributed by atoms with Gasteiger partial charge in [0.2, 0.25) is 0 Å². The zero-order valence-corrected chi connectivity index (χ0v) is 21.1. The van der Waals surface area contributed by atoms with E-state index in [1.54, 1.807) is 20.8 Å². The van der Waals surface area contributed by atoms with Crippen LogP contribution >= 0.6 is 0 Å². The molecule has 1 saturated heterocycles. The van der Waals surface area contributed by atoms with E-state index >= 15 is 0 Å². The summed E-state index contributed by atoms with van der Waals surface area (Å²) in [5.41, 5.74) is -3.54. The molecule has 212 valence electrons. The Morgan fingerprint density at radius 1 is 0.921 bits per heavy atom. The van der Waals surface area contributed by atoms with Crippen molar-refractivity contribution in [2.24, 2.45) is 0 Å². The second kappa shape index (κ2) is 11.5. The molecule has 1 N–H and O–H groups in total. The molecular formula is C26H29F7O5. The molecule has 1 aliphatic rings. The summed E-state index contributed by atoms with van der Waals surface area (Å²) in [6, 6.07) is 6.56. The van der Waals surface area contributed by atoms with E-state index in [0.717, 1.165) is 0 Å². The van der Waals surface area contributed by atoms with Crippen molar-refractivity contribution in [3.63, 3.8) is 0 Å². The summed E-state index contributed by atoms with van der Waals surface area (Å²) < 4.78 is 117. The summed E-state index contributed by atoms with van der Waals surface area (Å²) in [6.45, 7) is 6.08. The molecule has 0 amide bonds. The van der Waals surface area contributed by atoms with Gasteiger partial charge in [0.15, 0.2) is 6.29 Å². The zero-order chi connectivity index (χ0) is 28.5. The van der Waals surface area contributed by atoms with Gasteiger partial charge in [0.05, 0.1) is 36.0 Å². The van der Waals surface area contributed by atoms with Gasteiger partial charge in [-0.15, -0.1) is 0 Å². The van der Waals surface area contributed by atoms with Gasteiger partial charge in [-0.25, -0.2) is 4.39 Å². The fourth-order valence-electron chi connectivity index (χ4n) is 3.87. The summed E-state index contributed by atoms with van der Waals surface area (Å²) >= 11 is 0. The van der Waals surface area contributed by atoms with Gasteiger partial charge in [-0.05, 0) is 69.2 Å². The topological polar surface area (TPSA) is 57.2 Å². The number of benzene rings is 2. The van der Waals surface area contributed by atoms with Crippen LogP contribution in [0.25, 0.3) is 0 Å². The largest absolute Gasteiger partial charge is 0.416 e. The van der Waals surface area contributed by atoms with Gasteiger partial charge in [-0.1, -0.05) is 12.1 Å². The second-order valence-corrected chi connectivity index (χ2v) is 9.98. The maximum absolute atomic E-state index is 13.3. The van der Waals surface area contributed by atoms with Crippen LogP contribution in [-0.2, 0) is 37.9 Å². The number of halogens is 7. The smallest absolute Gasteiger partial charge is 0.388 e. The summed E-state index contributed by atoms with van der Waals surface area (Å²) in [7, 11) is 0. The Hall–Kier alpha value is -2.25. The summed E-state index contributed by atoms with van der Waals surface area (Å²) in [6.07, 6.45) is -16.0. The third kappa shape index (κ3) is 8.12. The van der Waals surface area contributed by atoms with Crippen LogP contribution in [0.3, 0.4) is 0 Å². The third-order valence-electron chi connectivity index (χ3n) is 5.67. The minimum Gasteiger partial charge on any atom is -0.388 e. The molecule has 0 saturated carbocycles. The normalized spacial score (nSPS) is 23.9. The summed E-state index contributed by atoms with van der Waals surface area (Å²) in [5.74, 6) is -0.464. The number of alkyl halides is 6. The van der Waals surface area contributed by atoms with E-state index in [-0.39, 0.29) is 24.8 Å². The van der Waals surface area contributed by atoms with Crippen LogP contribution in [0.15, 0.2) is 42.5 Å². The first-order chi connectivity index (χ1) is 17.4. The van der Waals surface area contributed by atoms with Gasteiger partial charge in [0.1, 0.15) is 24.1 Å². The van der Waals surface area contributed by atoms with E-state index in [9.17, 15) is 35.8 Å². The van der Waals surface area contributed by atoms with E-state index < -0.39 is 65.6 Å². The monoisotopic (exact) mass is 554 g/mol. The minimum absolute atomic E-state index is 0.0332. The maximum Gasteiger partial charge on any atom is 0.416 e. The van der Waals surface area contributed by atoms with Crippen molar-refractivity contribution in [2.75, 3.05) is 6.61 Å². The molecule has 1 aliphatic heterocycles. The number of aliphatic hydroxyl groups is 1. The van der Waals surface area contributed by atoms with Crippen LogP contribution < -0.4 is 0 Å². The molecule has 0 bridgehead atoms. The van der Waals surface area contributed by atoms with E-state index in [4.69, 9.17) is 18.9 Å². The average Bonchev–Trinajstić information content (AvgIpc) is 2.79. The van der Waals surface area contributed by atoms with Crippen molar-refractivity contribution in [1.29, 1.82) is 0 Å². The Morgan fingerprint density at radius 3 is 1.97 bits per heavy atom. The molecule has 38 heavy (non-hydrogen) atoms. The van der Waals surface area contributed by atoms with Crippen molar-refractivity contribution in [3.05, 3.63) is 70.5 Å². The molecule has 0 radical (unpaired) electrons.